The summed E-state index contributed by atoms with van der Waals surface area (Å²) in [4.78, 5) is 15.6. The first-order chi connectivity index (χ1) is 8.90. The van der Waals surface area contributed by atoms with Gasteiger partial charge in [0.15, 0.2) is 5.65 Å². The predicted octanol–water partition coefficient (Wildman–Crippen LogP) is 2.08. The molecule has 1 fully saturated rings. The molecule has 0 bridgehead atoms. The van der Waals surface area contributed by atoms with E-state index >= 15 is 0 Å². The van der Waals surface area contributed by atoms with Gasteiger partial charge in [-0.15, -0.1) is 0 Å². The first-order valence-electron chi connectivity index (χ1n) is 6.08. The average Bonchev–Trinajstić information content (AvgIpc) is 2.96. The van der Waals surface area contributed by atoms with Gasteiger partial charge in [0.05, 0.1) is 0 Å². The molecule has 0 radical (unpaired) electrons. The highest BCUT2D eigenvalue weighted by atomic mass is 19.4. The van der Waals surface area contributed by atoms with E-state index in [1.54, 1.807) is 6.07 Å². The Morgan fingerprint density at radius 1 is 1.37 bits per heavy atom. The SMILES string of the molecule is O=c1cc(CC2CC2)cc2nc(CC(F)(F)F)[nH]n12. The number of halogens is 3. The van der Waals surface area contributed by atoms with Gasteiger partial charge in [-0.3, -0.25) is 9.89 Å². The van der Waals surface area contributed by atoms with E-state index in [0.717, 1.165) is 29.3 Å². The van der Waals surface area contributed by atoms with E-state index in [1.807, 2.05) is 0 Å². The average molecular weight is 271 g/mol. The molecule has 0 unspecified atom stereocenters. The molecule has 1 N–H and O–H groups in total. The summed E-state index contributed by atoms with van der Waals surface area (Å²) in [5, 5.41) is 2.39. The molecule has 1 aliphatic rings. The van der Waals surface area contributed by atoms with E-state index in [1.165, 1.54) is 6.07 Å². The topological polar surface area (TPSA) is 50.2 Å². The molecule has 2 heterocycles. The van der Waals surface area contributed by atoms with E-state index < -0.39 is 12.6 Å². The molecular formula is C12H12F3N3O. The van der Waals surface area contributed by atoms with Gasteiger partial charge in [0, 0.05) is 6.07 Å². The monoisotopic (exact) mass is 271 g/mol. The van der Waals surface area contributed by atoms with Crippen molar-refractivity contribution in [1.29, 1.82) is 0 Å². The van der Waals surface area contributed by atoms with Crippen LogP contribution in [0.3, 0.4) is 0 Å². The first-order valence-corrected chi connectivity index (χ1v) is 6.08. The number of pyridine rings is 1. The number of rotatable bonds is 3. The van der Waals surface area contributed by atoms with Crippen LogP contribution in [0.25, 0.3) is 5.65 Å². The van der Waals surface area contributed by atoms with Crippen molar-refractivity contribution in [3.63, 3.8) is 0 Å². The number of alkyl halides is 3. The zero-order valence-corrected chi connectivity index (χ0v) is 10.00. The molecule has 0 saturated heterocycles. The molecule has 0 aromatic carbocycles. The molecule has 0 atom stereocenters. The summed E-state index contributed by atoms with van der Waals surface area (Å²) in [5.41, 5.74) is 0.731. The normalized spacial score (nSPS) is 16.2. The van der Waals surface area contributed by atoms with Gasteiger partial charge >= 0.3 is 6.18 Å². The minimum Gasteiger partial charge on any atom is -0.276 e. The van der Waals surface area contributed by atoms with Gasteiger partial charge in [0.1, 0.15) is 12.2 Å². The van der Waals surface area contributed by atoms with Crippen LogP contribution in [0.1, 0.15) is 24.2 Å². The Morgan fingerprint density at radius 2 is 2.11 bits per heavy atom. The number of aromatic amines is 1. The molecule has 3 rings (SSSR count). The summed E-state index contributed by atoms with van der Waals surface area (Å²) in [6.07, 6.45) is -2.40. The lowest BCUT2D eigenvalue weighted by Gasteiger charge is -2.01. The van der Waals surface area contributed by atoms with E-state index in [0.29, 0.717) is 5.92 Å². The Labute approximate surface area is 106 Å². The lowest BCUT2D eigenvalue weighted by Crippen LogP contribution is -2.15. The predicted molar refractivity (Wildman–Crippen MR) is 62.0 cm³/mol. The molecule has 7 heteroatoms. The van der Waals surface area contributed by atoms with Crippen LogP contribution in [0.2, 0.25) is 0 Å². The molecule has 0 aliphatic heterocycles. The van der Waals surface area contributed by atoms with Gasteiger partial charge in [0.2, 0.25) is 0 Å². The van der Waals surface area contributed by atoms with E-state index in [4.69, 9.17) is 0 Å². The van der Waals surface area contributed by atoms with Crippen molar-refractivity contribution in [2.45, 2.75) is 31.9 Å². The number of aromatic nitrogens is 3. The van der Waals surface area contributed by atoms with Gasteiger partial charge in [-0.1, -0.05) is 0 Å². The van der Waals surface area contributed by atoms with Gasteiger partial charge < -0.3 is 0 Å². The van der Waals surface area contributed by atoms with Crippen LogP contribution >= 0.6 is 0 Å². The van der Waals surface area contributed by atoms with Crippen molar-refractivity contribution in [1.82, 2.24) is 14.6 Å². The lowest BCUT2D eigenvalue weighted by atomic mass is 10.1. The molecule has 102 valence electrons. The molecule has 1 saturated carbocycles. The van der Waals surface area contributed by atoms with Gasteiger partial charge in [0.25, 0.3) is 5.56 Å². The van der Waals surface area contributed by atoms with Crippen LogP contribution in [0.15, 0.2) is 16.9 Å². The highest BCUT2D eigenvalue weighted by molar-refractivity contribution is 5.40. The number of fused-ring (bicyclic) bond motifs is 1. The zero-order chi connectivity index (χ0) is 13.6. The Balaban J connectivity index is 1.96. The van der Waals surface area contributed by atoms with Crippen molar-refractivity contribution in [2.75, 3.05) is 0 Å². The fourth-order valence-corrected chi connectivity index (χ4v) is 2.14. The Hall–Kier alpha value is -1.79. The molecule has 2 aromatic heterocycles. The number of H-pyrrole nitrogens is 1. The van der Waals surface area contributed by atoms with Crippen molar-refractivity contribution in [3.8, 4) is 0 Å². The highest BCUT2D eigenvalue weighted by Crippen LogP contribution is 2.32. The van der Waals surface area contributed by atoms with Crippen LogP contribution in [0.4, 0.5) is 13.2 Å². The van der Waals surface area contributed by atoms with Gasteiger partial charge in [-0.05, 0) is 36.8 Å². The number of nitrogens with one attached hydrogen (secondary N) is 1. The maximum absolute atomic E-state index is 12.3. The Kier molecular flexibility index (Phi) is 2.65. The summed E-state index contributed by atoms with van der Waals surface area (Å²) in [6, 6.07) is 3.14. The molecular weight excluding hydrogens is 259 g/mol. The number of hydrogen-bond donors (Lipinski definition) is 1. The second-order valence-corrected chi connectivity index (χ2v) is 5.01. The first kappa shape index (κ1) is 12.3. The molecule has 4 nitrogen and oxygen atoms in total. The van der Waals surface area contributed by atoms with Crippen LogP contribution in [-0.4, -0.2) is 20.8 Å². The van der Waals surface area contributed by atoms with Gasteiger partial charge in [-0.25, -0.2) is 9.50 Å². The van der Waals surface area contributed by atoms with E-state index in [-0.39, 0.29) is 17.0 Å². The van der Waals surface area contributed by atoms with Gasteiger partial charge in [-0.2, -0.15) is 13.2 Å². The number of hydrogen-bond acceptors (Lipinski definition) is 2. The Bertz CT molecular complexity index is 667. The van der Waals surface area contributed by atoms with Crippen LogP contribution in [0, 0.1) is 5.92 Å². The van der Waals surface area contributed by atoms with Crippen LogP contribution in [0.5, 0.6) is 0 Å². The second kappa shape index (κ2) is 4.11. The molecule has 0 spiro atoms. The Morgan fingerprint density at radius 3 is 2.74 bits per heavy atom. The standard InChI is InChI=1S/C12H12F3N3O/c13-12(14,15)6-9-16-10-4-8(3-7-1-2-7)5-11(19)18(10)17-9/h4-5,7H,1-3,6H2,(H,16,17). The van der Waals surface area contributed by atoms with Crippen molar-refractivity contribution in [3.05, 3.63) is 33.9 Å². The van der Waals surface area contributed by atoms with Crippen molar-refractivity contribution in [2.24, 2.45) is 5.92 Å². The molecule has 1 aliphatic carbocycles. The maximum atomic E-state index is 12.3. The minimum atomic E-state index is -4.34. The quantitative estimate of drug-likeness (QED) is 0.929. The van der Waals surface area contributed by atoms with E-state index in [2.05, 4.69) is 10.1 Å². The van der Waals surface area contributed by atoms with Crippen LogP contribution < -0.4 is 5.56 Å². The maximum Gasteiger partial charge on any atom is 0.396 e. The largest absolute Gasteiger partial charge is 0.396 e. The third-order valence-corrected chi connectivity index (χ3v) is 3.15. The zero-order valence-electron chi connectivity index (χ0n) is 10.00. The fourth-order valence-electron chi connectivity index (χ4n) is 2.14. The van der Waals surface area contributed by atoms with E-state index in [9.17, 15) is 18.0 Å². The van der Waals surface area contributed by atoms with Crippen molar-refractivity contribution >= 4 is 5.65 Å². The van der Waals surface area contributed by atoms with Crippen LogP contribution in [-0.2, 0) is 12.8 Å². The summed E-state index contributed by atoms with van der Waals surface area (Å²) < 4.78 is 37.9. The fraction of sp³-hybridized carbons (Fsp3) is 0.500. The van der Waals surface area contributed by atoms with Crippen molar-refractivity contribution < 1.29 is 13.2 Å². The number of nitrogens with zero attached hydrogens (tertiary/aromatic N) is 2. The summed E-state index contributed by atoms with van der Waals surface area (Å²) >= 11 is 0. The lowest BCUT2D eigenvalue weighted by molar-refractivity contribution is -0.128. The smallest absolute Gasteiger partial charge is 0.276 e. The summed E-state index contributed by atoms with van der Waals surface area (Å²) in [5.74, 6) is 0.364. The summed E-state index contributed by atoms with van der Waals surface area (Å²) in [6.45, 7) is 0. The molecule has 0 amide bonds. The highest BCUT2D eigenvalue weighted by Gasteiger charge is 2.29. The third-order valence-electron chi connectivity index (χ3n) is 3.15. The minimum absolute atomic E-state index is 0.242. The molecule has 2 aromatic rings. The third kappa shape index (κ3) is 2.80. The second-order valence-electron chi connectivity index (χ2n) is 5.01. The molecule has 19 heavy (non-hydrogen) atoms. The summed E-state index contributed by atoms with van der Waals surface area (Å²) in [7, 11) is 0.